The minimum absolute atomic E-state index is 0.414. The summed E-state index contributed by atoms with van der Waals surface area (Å²) in [6.07, 6.45) is -4.34. The Bertz CT molecular complexity index is 585. The number of ether oxygens (including phenoxy) is 1. The van der Waals surface area contributed by atoms with Crippen LogP contribution in [0.5, 0.6) is 0 Å². The standard InChI is InChI=1S/C13H9F3O2S/c1-18-12(17)11-6-9(7-19-11)8-2-4-10(5-3-8)13(14,15)16/h2-7H,1H3. The second-order valence-corrected chi connectivity index (χ2v) is 4.68. The number of benzene rings is 1. The number of thiophene rings is 1. The van der Waals surface area contributed by atoms with Crippen molar-refractivity contribution in [3.8, 4) is 11.1 Å². The molecule has 1 aromatic heterocycles. The summed E-state index contributed by atoms with van der Waals surface area (Å²) in [5.41, 5.74) is 0.623. The lowest BCUT2D eigenvalue weighted by atomic mass is 10.1. The number of carbonyl (C=O) groups excluding carboxylic acids is 1. The smallest absolute Gasteiger partial charge is 0.416 e. The molecule has 0 saturated carbocycles. The Labute approximate surface area is 111 Å². The van der Waals surface area contributed by atoms with E-state index in [0.29, 0.717) is 16.0 Å². The van der Waals surface area contributed by atoms with Crippen LogP contribution in [0, 0.1) is 0 Å². The number of rotatable bonds is 2. The summed E-state index contributed by atoms with van der Waals surface area (Å²) in [7, 11) is 1.28. The zero-order valence-corrected chi connectivity index (χ0v) is 10.6. The topological polar surface area (TPSA) is 26.3 Å². The molecule has 0 unspecified atom stereocenters. The van der Waals surface area contributed by atoms with E-state index >= 15 is 0 Å². The fourth-order valence-corrected chi connectivity index (χ4v) is 2.38. The van der Waals surface area contributed by atoms with Crippen LogP contribution in [0.25, 0.3) is 11.1 Å². The summed E-state index contributed by atoms with van der Waals surface area (Å²) in [4.78, 5) is 11.7. The van der Waals surface area contributed by atoms with Crippen LogP contribution in [0.4, 0.5) is 13.2 Å². The van der Waals surface area contributed by atoms with Crippen LogP contribution in [0.2, 0.25) is 0 Å². The molecule has 0 N–H and O–H groups in total. The molecule has 0 aliphatic carbocycles. The third kappa shape index (κ3) is 2.96. The molecular weight excluding hydrogens is 277 g/mol. The molecule has 0 radical (unpaired) electrons. The molecule has 0 saturated heterocycles. The monoisotopic (exact) mass is 286 g/mol. The predicted octanol–water partition coefficient (Wildman–Crippen LogP) is 4.22. The van der Waals surface area contributed by atoms with Crippen LogP contribution in [0.3, 0.4) is 0 Å². The van der Waals surface area contributed by atoms with Gasteiger partial charge >= 0.3 is 12.1 Å². The SMILES string of the molecule is COC(=O)c1cc(-c2ccc(C(F)(F)F)cc2)cs1. The zero-order chi connectivity index (χ0) is 14.0. The first kappa shape index (κ1) is 13.6. The Hall–Kier alpha value is -1.82. The first-order valence-corrected chi connectivity index (χ1v) is 6.14. The maximum atomic E-state index is 12.4. The zero-order valence-electron chi connectivity index (χ0n) is 9.82. The molecule has 1 heterocycles. The van der Waals surface area contributed by atoms with Gasteiger partial charge in [0.1, 0.15) is 4.88 Å². The van der Waals surface area contributed by atoms with Crippen LogP contribution >= 0.6 is 11.3 Å². The first-order chi connectivity index (χ1) is 8.91. The minimum Gasteiger partial charge on any atom is -0.465 e. The predicted molar refractivity (Wildman–Crippen MR) is 66.1 cm³/mol. The molecule has 0 bridgehead atoms. The lowest BCUT2D eigenvalue weighted by Gasteiger charge is -2.06. The number of hydrogen-bond donors (Lipinski definition) is 0. The van der Waals surface area contributed by atoms with E-state index in [4.69, 9.17) is 0 Å². The summed E-state index contributed by atoms with van der Waals surface area (Å²) in [5, 5.41) is 1.70. The highest BCUT2D eigenvalue weighted by molar-refractivity contribution is 7.12. The number of carbonyl (C=O) groups is 1. The summed E-state index contributed by atoms with van der Waals surface area (Å²) < 4.78 is 41.8. The second-order valence-electron chi connectivity index (χ2n) is 3.77. The van der Waals surface area contributed by atoms with Crippen molar-refractivity contribution in [3.05, 3.63) is 46.2 Å². The highest BCUT2D eigenvalue weighted by atomic mass is 32.1. The molecule has 0 atom stereocenters. The highest BCUT2D eigenvalue weighted by Crippen LogP contribution is 2.32. The highest BCUT2D eigenvalue weighted by Gasteiger charge is 2.30. The number of halogens is 3. The van der Waals surface area contributed by atoms with Crippen LogP contribution in [0.1, 0.15) is 15.2 Å². The van der Waals surface area contributed by atoms with Crippen molar-refractivity contribution in [1.29, 1.82) is 0 Å². The minimum atomic E-state index is -4.34. The van der Waals surface area contributed by atoms with E-state index in [1.54, 1.807) is 11.4 Å². The van der Waals surface area contributed by atoms with Gasteiger partial charge in [0.15, 0.2) is 0 Å². The molecule has 0 aliphatic heterocycles. The summed E-state index contributed by atoms with van der Waals surface area (Å²) in [6, 6.07) is 6.40. The third-order valence-corrected chi connectivity index (χ3v) is 3.44. The number of esters is 1. The summed E-state index contributed by atoms with van der Waals surface area (Å²) in [6.45, 7) is 0. The van der Waals surface area contributed by atoms with Crippen molar-refractivity contribution < 1.29 is 22.7 Å². The van der Waals surface area contributed by atoms with Gasteiger partial charge < -0.3 is 4.74 Å². The van der Waals surface area contributed by atoms with Crippen molar-refractivity contribution in [2.45, 2.75) is 6.18 Å². The molecule has 2 nitrogen and oxygen atoms in total. The van der Waals surface area contributed by atoms with Gasteiger partial charge in [0.2, 0.25) is 0 Å². The van der Waals surface area contributed by atoms with E-state index in [0.717, 1.165) is 12.1 Å². The Morgan fingerprint density at radius 2 is 1.79 bits per heavy atom. The van der Waals surface area contributed by atoms with Crippen molar-refractivity contribution in [1.82, 2.24) is 0 Å². The summed E-state index contributed by atoms with van der Waals surface area (Å²) >= 11 is 1.19. The quantitative estimate of drug-likeness (QED) is 0.773. The van der Waals surface area contributed by atoms with E-state index in [1.807, 2.05) is 0 Å². The fourth-order valence-electron chi connectivity index (χ4n) is 1.55. The van der Waals surface area contributed by atoms with Gasteiger partial charge in [0.25, 0.3) is 0 Å². The lowest BCUT2D eigenvalue weighted by molar-refractivity contribution is -0.137. The van der Waals surface area contributed by atoms with Crippen molar-refractivity contribution in [3.63, 3.8) is 0 Å². The van der Waals surface area contributed by atoms with Gasteiger partial charge in [0.05, 0.1) is 12.7 Å². The molecular formula is C13H9F3O2S. The average molecular weight is 286 g/mol. The van der Waals surface area contributed by atoms with Gasteiger partial charge in [-0.25, -0.2) is 4.79 Å². The molecule has 1 aromatic carbocycles. The van der Waals surface area contributed by atoms with E-state index in [9.17, 15) is 18.0 Å². The Morgan fingerprint density at radius 3 is 2.32 bits per heavy atom. The first-order valence-electron chi connectivity index (χ1n) is 5.26. The largest absolute Gasteiger partial charge is 0.465 e. The molecule has 6 heteroatoms. The van der Waals surface area contributed by atoms with Gasteiger partial charge in [0, 0.05) is 0 Å². The molecule has 19 heavy (non-hydrogen) atoms. The summed E-state index contributed by atoms with van der Waals surface area (Å²) in [5.74, 6) is -0.455. The number of alkyl halides is 3. The van der Waals surface area contributed by atoms with Crippen LogP contribution < -0.4 is 0 Å². The van der Waals surface area contributed by atoms with Gasteiger partial charge in [-0.2, -0.15) is 13.2 Å². The molecule has 0 amide bonds. The van der Waals surface area contributed by atoms with E-state index in [1.165, 1.54) is 30.6 Å². The maximum Gasteiger partial charge on any atom is 0.416 e. The number of hydrogen-bond acceptors (Lipinski definition) is 3. The Balaban J connectivity index is 2.28. The third-order valence-electron chi connectivity index (χ3n) is 2.53. The maximum absolute atomic E-state index is 12.4. The molecule has 0 aliphatic rings. The van der Waals surface area contributed by atoms with Gasteiger partial charge in [-0.1, -0.05) is 12.1 Å². The van der Waals surface area contributed by atoms with Crippen LogP contribution in [0.15, 0.2) is 35.7 Å². The van der Waals surface area contributed by atoms with Gasteiger partial charge in [-0.3, -0.25) is 0 Å². The normalized spacial score (nSPS) is 11.4. The molecule has 0 spiro atoms. The fraction of sp³-hybridized carbons (Fsp3) is 0.154. The van der Waals surface area contributed by atoms with Crippen LogP contribution in [-0.2, 0) is 10.9 Å². The van der Waals surface area contributed by atoms with Crippen molar-refractivity contribution in [2.24, 2.45) is 0 Å². The van der Waals surface area contributed by atoms with Crippen LogP contribution in [-0.4, -0.2) is 13.1 Å². The average Bonchev–Trinajstić information content (AvgIpc) is 2.86. The second kappa shape index (κ2) is 5.05. The van der Waals surface area contributed by atoms with E-state index in [-0.39, 0.29) is 0 Å². The molecule has 2 rings (SSSR count). The van der Waals surface area contributed by atoms with Gasteiger partial charge in [-0.05, 0) is 34.7 Å². The molecule has 2 aromatic rings. The van der Waals surface area contributed by atoms with E-state index < -0.39 is 17.7 Å². The molecule has 100 valence electrons. The Kier molecular flexibility index (Phi) is 3.61. The van der Waals surface area contributed by atoms with Crippen molar-refractivity contribution in [2.75, 3.05) is 7.11 Å². The number of methoxy groups -OCH3 is 1. The van der Waals surface area contributed by atoms with E-state index in [2.05, 4.69) is 4.74 Å². The van der Waals surface area contributed by atoms with Crippen molar-refractivity contribution >= 4 is 17.3 Å². The van der Waals surface area contributed by atoms with Gasteiger partial charge in [-0.15, -0.1) is 11.3 Å². The molecule has 0 fully saturated rings. The lowest BCUT2D eigenvalue weighted by Crippen LogP contribution is -2.03. The Morgan fingerprint density at radius 1 is 1.16 bits per heavy atom.